The molecule has 2 aliphatic rings. The molecular formula is C20H31N. The van der Waals surface area contributed by atoms with Crippen LogP contribution in [0, 0.1) is 18.8 Å². The Morgan fingerprint density at radius 3 is 2.19 bits per heavy atom. The fourth-order valence-electron chi connectivity index (χ4n) is 4.07. The van der Waals surface area contributed by atoms with Crippen LogP contribution < -0.4 is 5.32 Å². The van der Waals surface area contributed by atoms with Crippen molar-refractivity contribution in [2.24, 2.45) is 11.8 Å². The molecule has 0 spiro atoms. The fraction of sp³-hybridized carbons (Fsp3) is 0.700. The van der Waals surface area contributed by atoms with Gasteiger partial charge in [0.2, 0.25) is 0 Å². The number of aryl methyl sites for hydroxylation is 1. The third-order valence-corrected chi connectivity index (χ3v) is 5.93. The van der Waals surface area contributed by atoms with Gasteiger partial charge >= 0.3 is 0 Å². The lowest BCUT2D eigenvalue weighted by Crippen LogP contribution is -2.42. The van der Waals surface area contributed by atoms with Gasteiger partial charge in [0, 0.05) is 6.04 Å². The Morgan fingerprint density at radius 2 is 1.57 bits per heavy atom. The predicted molar refractivity (Wildman–Crippen MR) is 90.7 cm³/mol. The normalized spacial score (nSPS) is 32.7. The fourth-order valence-corrected chi connectivity index (χ4v) is 4.07. The van der Waals surface area contributed by atoms with Gasteiger partial charge in [-0.05, 0) is 62.5 Å². The van der Waals surface area contributed by atoms with Crippen molar-refractivity contribution >= 4 is 0 Å². The summed E-state index contributed by atoms with van der Waals surface area (Å²) in [5, 5.41) is 3.83. The van der Waals surface area contributed by atoms with Crippen LogP contribution in [0.5, 0.6) is 0 Å². The molecule has 1 N–H and O–H groups in total. The SMILES string of the molecule is CCC1CCC(CNC2CC(c3ccc(C)cc3)C2)CC1. The molecule has 3 rings (SSSR count). The van der Waals surface area contributed by atoms with E-state index in [1.54, 1.807) is 5.56 Å². The lowest BCUT2D eigenvalue weighted by atomic mass is 9.75. The summed E-state index contributed by atoms with van der Waals surface area (Å²) < 4.78 is 0. The van der Waals surface area contributed by atoms with E-state index < -0.39 is 0 Å². The molecule has 1 nitrogen and oxygen atoms in total. The second-order valence-corrected chi connectivity index (χ2v) is 7.48. The number of benzene rings is 1. The zero-order chi connectivity index (χ0) is 14.7. The van der Waals surface area contributed by atoms with Crippen molar-refractivity contribution < 1.29 is 0 Å². The van der Waals surface area contributed by atoms with Gasteiger partial charge in [-0.3, -0.25) is 0 Å². The number of rotatable bonds is 5. The molecule has 2 aliphatic carbocycles. The van der Waals surface area contributed by atoms with E-state index in [1.807, 2.05) is 0 Å². The summed E-state index contributed by atoms with van der Waals surface area (Å²) in [6.45, 7) is 5.78. The molecule has 0 radical (unpaired) electrons. The Kier molecular flexibility index (Phi) is 5.00. The van der Waals surface area contributed by atoms with Crippen LogP contribution in [0.1, 0.15) is 68.9 Å². The van der Waals surface area contributed by atoms with Crippen molar-refractivity contribution in [2.45, 2.75) is 70.8 Å². The van der Waals surface area contributed by atoms with Crippen LogP contribution in [0.3, 0.4) is 0 Å². The average Bonchev–Trinajstić information content (AvgIpc) is 2.48. The number of hydrogen-bond acceptors (Lipinski definition) is 1. The molecule has 0 unspecified atom stereocenters. The first-order chi connectivity index (χ1) is 10.2. The van der Waals surface area contributed by atoms with Crippen molar-refractivity contribution in [3.8, 4) is 0 Å². The summed E-state index contributed by atoms with van der Waals surface area (Å²) in [5.41, 5.74) is 2.91. The van der Waals surface area contributed by atoms with Gasteiger partial charge in [0.15, 0.2) is 0 Å². The van der Waals surface area contributed by atoms with Crippen molar-refractivity contribution in [1.82, 2.24) is 5.32 Å². The maximum Gasteiger partial charge on any atom is 0.00788 e. The van der Waals surface area contributed by atoms with Gasteiger partial charge in [0.1, 0.15) is 0 Å². The van der Waals surface area contributed by atoms with E-state index in [0.29, 0.717) is 0 Å². The van der Waals surface area contributed by atoms with Crippen molar-refractivity contribution in [3.05, 3.63) is 35.4 Å². The highest BCUT2D eigenvalue weighted by molar-refractivity contribution is 5.26. The molecule has 0 bridgehead atoms. The Morgan fingerprint density at radius 1 is 0.952 bits per heavy atom. The van der Waals surface area contributed by atoms with E-state index in [2.05, 4.69) is 43.4 Å². The Balaban J connectivity index is 1.35. The molecule has 1 aromatic carbocycles. The zero-order valence-corrected chi connectivity index (χ0v) is 13.8. The van der Waals surface area contributed by atoms with E-state index in [0.717, 1.165) is 23.8 Å². The van der Waals surface area contributed by atoms with Gasteiger partial charge < -0.3 is 5.32 Å². The van der Waals surface area contributed by atoms with Crippen LogP contribution in [-0.2, 0) is 0 Å². The van der Waals surface area contributed by atoms with Crippen LogP contribution in [0.15, 0.2) is 24.3 Å². The van der Waals surface area contributed by atoms with Gasteiger partial charge in [-0.2, -0.15) is 0 Å². The molecule has 0 aromatic heterocycles. The van der Waals surface area contributed by atoms with Crippen LogP contribution >= 0.6 is 0 Å². The summed E-state index contributed by atoms with van der Waals surface area (Å²) in [7, 11) is 0. The van der Waals surface area contributed by atoms with Crippen molar-refractivity contribution in [3.63, 3.8) is 0 Å². The third-order valence-electron chi connectivity index (χ3n) is 5.93. The minimum atomic E-state index is 0.778. The summed E-state index contributed by atoms with van der Waals surface area (Å²) in [6.07, 6.45) is 9.93. The molecule has 2 fully saturated rings. The first kappa shape index (κ1) is 15.1. The topological polar surface area (TPSA) is 12.0 Å². The second kappa shape index (κ2) is 6.96. The van der Waals surface area contributed by atoms with E-state index in [9.17, 15) is 0 Å². The molecule has 0 heterocycles. The second-order valence-electron chi connectivity index (χ2n) is 7.48. The summed E-state index contributed by atoms with van der Waals surface area (Å²) in [6, 6.07) is 9.93. The maximum absolute atomic E-state index is 3.83. The highest BCUT2D eigenvalue weighted by Gasteiger charge is 2.30. The van der Waals surface area contributed by atoms with Crippen LogP contribution in [0.4, 0.5) is 0 Å². The van der Waals surface area contributed by atoms with Crippen LogP contribution in [0.25, 0.3) is 0 Å². The summed E-state index contributed by atoms with van der Waals surface area (Å²) in [4.78, 5) is 0. The van der Waals surface area contributed by atoms with Crippen LogP contribution in [0.2, 0.25) is 0 Å². The molecule has 21 heavy (non-hydrogen) atoms. The smallest absolute Gasteiger partial charge is 0.00788 e. The van der Waals surface area contributed by atoms with Gasteiger partial charge in [-0.1, -0.05) is 56.0 Å². The molecule has 0 saturated heterocycles. The zero-order valence-electron chi connectivity index (χ0n) is 13.8. The van der Waals surface area contributed by atoms with E-state index in [4.69, 9.17) is 0 Å². The first-order valence-electron chi connectivity index (χ1n) is 9.04. The average molecular weight is 285 g/mol. The monoisotopic (exact) mass is 285 g/mol. The van der Waals surface area contributed by atoms with Crippen LogP contribution in [-0.4, -0.2) is 12.6 Å². The molecule has 0 aliphatic heterocycles. The van der Waals surface area contributed by atoms with Gasteiger partial charge in [-0.25, -0.2) is 0 Å². The quantitative estimate of drug-likeness (QED) is 0.798. The Labute approximate surface area is 130 Å². The number of nitrogens with one attached hydrogen (secondary N) is 1. The minimum absolute atomic E-state index is 0.778. The van der Waals surface area contributed by atoms with E-state index in [1.165, 1.54) is 57.1 Å². The lowest BCUT2D eigenvalue weighted by molar-refractivity contribution is 0.228. The molecule has 2 saturated carbocycles. The van der Waals surface area contributed by atoms with Gasteiger partial charge in [0.25, 0.3) is 0 Å². The summed E-state index contributed by atoms with van der Waals surface area (Å²) in [5.74, 6) is 2.78. The van der Waals surface area contributed by atoms with Gasteiger partial charge in [0.05, 0.1) is 0 Å². The Bertz CT molecular complexity index is 422. The minimum Gasteiger partial charge on any atom is -0.314 e. The molecule has 0 amide bonds. The van der Waals surface area contributed by atoms with Crippen molar-refractivity contribution in [2.75, 3.05) is 6.54 Å². The summed E-state index contributed by atoms with van der Waals surface area (Å²) >= 11 is 0. The molecular weight excluding hydrogens is 254 g/mol. The third kappa shape index (κ3) is 3.88. The molecule has 1 heteroatoms. The standard InChI is InChI=1S/C20H31N/c1-3-16-6-8-17(9-7-16)14-21-20-12-19(13-20)18-10-4-15(2)5-11-18/h4-5,10-11,16-17,19-21H,3,6-9,12-14H2,1-2H3. The van der Waals surface area contributed by atoms with Crippen molar-refractivity contribution in [1.29, 1.82) is 0 Å². The predicted octanol–water partition coefficient (Wildman–Crippen LogP) is 5.05. The van der Waals surface area contributed by atoms with E-state index >= 15 is 0 Å². The Hall–Kier alpha value is -0.820. The lowest BCUT2D eigenvalue weighted by Gasteiger charge is -2.38. The maximum atomic E-state index is 3.83. The molecule has 1 aromatic rings. The van der Waals surface area contributed by atoms with Gasteiger partial charge in [-0.15, -0.1) is 0 Å². The molecule has 0 atom stereocenters. The largest absolute Gasteiger partial charge is 0.314 e. The highest BCUT2D eigenvalue weighted by atomic mass is 14.9. The number of hydrogen-bond donors (Lipinski definition) is 1. The highest BCUT2D eigenvalue weighted by Crippen LogP contribution is 2.37. The van der Waals surface area contributed by atoms with E-state index in [-0.39, 0.29) is 0 Å². The molecule has 116 valence electrons. The first-order valence-corrected chi connectivity index (χ1v) is 9.04.